The predicted octanol–water partition coefficient (Wildman–Crippen LogP) is 12.2. The molecule has 0 fully saturated rings. The largest absolute Gasteiger partial charge is 0.472 e. The Morgan fingerprint density at radius 3 is 1.66 bits per heavy atom. The first kappa shape index (κ1) is 53.5. The molecule has 0 aromatic heterocycles. The van der Waals surface area contributed by atoms with E-state index in [2.05, 4.69) is 56.4 Å². The Morgan fingerprint density at radius 2 is 1.09 bits per heavy atom. The minimum atomic E-state index is -4.39. The van der Waals surface area contributed by atoms with Gasteiger partial charge in [0.15, 0.2) is 6.10 Å². The molecule has 0 spiro atoms. The van der Waals surface area contributed by atoms with E-state index in [9.17, 15) is 19.0 Å². The van der Waals surface area contributed by atoms with Gasteiger partial charge in [0.25, 0.3) is 0 Å². The summed E-state index contributed by atoms with van der Waals surface area (Å²) in [6.45, 7) is 4.20. The molecule has 1 unspecified atom stereocenters. The van der Waals surface area contributed by atoms with Crippen LogP contribution in [-0.2, 0) is 32.7 Å². The van der Waals surface area contributed by atoms with Crippen LogP contribution in [-0.4, -0.2) is 74.9 Å². The predicted molar refractivity (Wildman–Crippen MR) is 233 cm³/mol. The van der Waals surface area contributed by atoms with Gasteiger partial charge in [-0.1, -0.05) is 151 Å². The molecule has 0 bridgehead atoms. The van der Waals surface area contributed by atoms with E-state index in [4.69, 9.17) is 18.5 Å². The Bertz CT molecular complexity index is 1180. The van der Waals surface area contributed by atoms with Crippen molar-refractivity contribution in [2.75, 3.05) is 47.5 Å². The molecule has 0 saturated carbocycles. The molecule has 1 N–H and O–H groups in total. The number of unbranched alkanes of at least 4 members (excludes halogenated alkanes) is 15. The third kappa shape index (κ3) is 41.1. The second kappa shape index (κ2) is 38.0. The fraction of sp³-hybridized carbons (Fsp3) is 0.696. The first-order valence-electron chi connectivity index (χ1n) is 21.7. The summed E-state index contributed by atoms with van der Waals surface area (Å²) in [6.07, 6.45) is 46.6. The molecule has 0 aromatic rings. The maximum atomic E-state index is 12.7. The second-order valence-electron chi connectivity index (χ2n) is 15.4. The van der Waals surface area contributed by atoms with Gasteiger partial charge in [0.05, 0.1) is 27.7 Å². The lowest BCUT2D eigenvalue weighted by Gasteiger charge is -2.24. The summed E-state index contributed by atoms with van der Waals surface area (Å²) in [7, 11) is 1.44. The van der Waals surface area contributed by atoms with Gasteiger partial charge in [-0.25, -0.2) is 4.57 Å². The molecule has 0 radical (unpaired) electrons. The molecule has 0 aliphatic rings. The standard InChI is InChI=1S/C46H80NO8P/c1-6-8-10-12-14-16-18-20-22-23-25-26-28-30-32-34-36-38-45(48)52-42-44(43-54-56(50,51)53-41-40-47(3,4)5)55-46(49)39-37-35-33-31-29-27-24-21-19-17-15-13-11-9-7-2/h9,11,13-17,19-22,24,44H,6-8,10,12,18,23,25-43H2,1-5H3/p+1/b11-9+,15-13+,16-14+,19-17+,22-20+,24-21+/t44-/m1/s1. The zero-order valence-corrected chi connectivity index (χ0v) is 37.0. The monoisotopic (exact) mass is 807 g/mol. The summed E-state index contributed by atoms with van der Waals surface area (Å²) in [5.74, 6) is -0.841. The number of phosphoric acid groups is 1. The van der Waals surface area contributed by atoms with E-state index in [1.54, 1.807) is 0 Å². The Kier molecular flexibility index (Phi) is 36.3. The molecule has 0 saturated heterocycles. The fourth-order valence-corrected chi connectivity index (χ4v) is 6.15. The first-order valence-corrected chi connectivity index (χ1v) is 23.2. The van der Waals surface area contributed by atoms with Crippen LogP contribution < -0.4 is 0 Å². The molecule has 9 nitrogen and oxygen atoms in total. The number of ether oxygens (including phenoxy) is 2. The molecule has 0 amide bonds. The van der Waals surface area contributed by atoms with Crippen molar-refractivity contribution < 1.29 is 42.1 Å². The third-order valence-electron chi connectivity index (χ3n) is 8.82. The van der Waals surface area contributed by atoms with E-state index in [-0.39, 0.29) is 32.0 Å². The maximum Gasteiger partial charge on any atom is 0.472 e. The Morgan fingerprint density at radius 1 is 0.589 bits per heavy atom. The Hall–Kier alpha value is -2.55. The van der Waals surface area contributed by atoms with Gasteiger partial charge in [0.1, 0.15) is 19.8 Å². The van der Waals surface area contributed by atoms with Crippen molar-refractivity contribution in [3.8, 4) is 0 Å². The number of carbonyl (C=O) groups excluding carboxylic acids is 2. The summed E-state index contributed by atoms with van der Waals surface area (Å²) >= 11 is 0. The van der Waals surface area contributed by atoms with Crippen LogP contribution in [0.25, 0.3) is 0 Å². The van der Waals surface area contributed by atoms with E-state index < -0.39 is 26.5 Å². The number of hydrogen-bond donors (Lipinski definition) is 1. The van der Waals surface area contributed by atoms with Crippen LogP contribution >= 0.6 is 7.82 Å². The molecule has 2 atom stereocenters. The summed E-state index contributed by atoms with van der Waals surface area (Å²) in [5, 5.41) is 0. The summed E-state index contributed by atoms with van der Waals surface area (Å²) in [6, 6.07) is 0. The van der Waals surface area contributed by atoms with Crippen LogP contribution in [0.1, 0.15) is 155 Å². The van der Waals surface area contributed by atoms with Crippen LogP contribution in [0.3, 0.4) is 0 Å². The molecule has 0 aromatic carbocycles. The summed E-state index contributed by atoms with van der Waals surface area (Å²) in [5.41, 5.74) is 0. The zero-order valence-electron chi connectivity index (χ0n) is 36.1. The van der Waals surface area contributed by atoms with Gasteiger partial charge < -0.3 is 18.9 Å². The number of carbonyl (C=O) groups is 2. The summed E-state index contributed by atoms with van der Waals surface area (Å²) in [4.78, 5) is 35.4. The van der Waals surface area contributed by atoms with E-state index in [0.29, 0.717) is 17.4 Å². The first-order chi connectivity index (χ1) is 27.0. The van der Waals surface area contributed by atoms with Crippen LogP contribution in [0.2, 0.25) is 0 Å². The lowest BCUT2D eigenvalue weighted by Crippen LogP contribution is -2.37. The number of allylic oxidation sites excluding steroid dienone is 12. The van der Waals surface area contributed by atoms with Gasteiger partial charge in [-0.15, -0.1) is 0 Å². The van der Waals surface area contributed by atoms with Crippen molar-refractivity contribution in [2.24, 2.45) is 0 Å². The highest BCUT2D eigenvalue weighted by atomic mass is 31.2. The van der Waals surface area contributed by atoms with Crippen molar-refractivity contribution in [3.05, 3.63) is 72.9 Å². The van der Waals surface area contributed by atoms with Crippen LogP contribution in [0.5, 0.6) is 0 Å². The number of rotatable bonds is 38. The average Bonchev–Trinajstić information content (AvgIpc) is 3.15. The highest BCUT2D eigenvalue weighted by Gasteiger charge is 2.27. The van der Waals surface area contributed by atoms with Crippen LogP contribution in [0.15, 0.2) is 72.9 Å². The molecule has 0 rings (SSSR count). The number of quaternary nitrogens is 1. The Labute approximate surface area is 342 Å². The minimum absolute atomic E-state index is 0.0214. The van der Waals surface area contributed by atoms with Gasteiger partial charge in [-0.3, -0.25) is 18.6 Å². The third-order valence-corrected chi connectivity index (χ3v) is 9.80. The van der Waals surface area contributed by atoms with E-state index in [1.165, 1.54) is 44.9 Å². The van der Waals surface area contributed by atoms with Crippen molar-refractivity contribution >= 4 is 19.8 Å². The minimum Gasteiger partial charge on any atom is -0.462 e. The van der Waals surface area contributed by atoms with Crippen LogP contribution in [0.4, 0.5) is 0 Å². The highest BCUT2D eigenvalue weighted by Crippen LogP contribution is 2.43. The highest BCUT2D eigenvalue weighted by molar-refractivity contribution is 7.47. The number of esters is 2. The smallest absolute Gasteiger partial charge is 0.462 e. The molecule has 0 heterocycles. The number of likely N-dealkylation sites (N-methyl/N-ethyl adjacent to an activating group) is 1. The van der Waals surface area contributed by atoms with Gasteiger partial charge in [-0.05, 0) is 64.2 Å². The lowest BCUT2D eigenvalue weighted by atomic mass is 10.1. The Balaban J connectivity index is 4.43. The lowest BCUT2D eigenvalue weighted by molar-refractivity contribution is -0.870. The van der Waals surface area contributed by atoms with Crippen molar-refractivity contribution in [2.45, 2.75) is 161 Å². The van der Waals surface area contributed by atoms with E-state index >= 15 is 0 Å². The molecular weight excluding hydrogens is 725 g/mol. The molecule has 56 heavy (non-hydrogen) atoms. The van der Waals surface area contributed by atoms with Gasteiger partial charge in [0.2, 0.25) is 0 Å². The average molecular weight is 807 g/mol. The molecule has 0 aliphatic carbocycles. The molecular formula is C46H81NO8P+. The van der Waals surface area contributed by atoms with E-state index in [0.717, 1.165) is 77.0 Å². The fourth-order valence-electron chi connectivity index (χ4n) is 5.41. The number of phosphoric ester groups is 1. The van der Waals surface area contributed by atoms with E-state index in [1.807, 2.05) is 51.5 Å². The van der Waals surface area contributed by atoms with Crippen LogP contribution in [0, 0.1) is 0 Å². The van der Waals surface area contributed by atoms with Crippen molar-refractivity contribution in [1.29, 1.82) is 0 Å². The quantitative estimate of drug-likeness (QED) is 0.0164. The molecule has 10 heteroatoms. The van der Waals surface area contributed by atoms with Gasteiger partial charge >= 0.3 is 19.8 Å². The molecule has 0 aliphatic heterocycles. The number of nitrogens with zero attached hydrogens (tertiary/aromatic N) is 1. The normalized spacial score (nSPS) is 14.3. The van der Waals surface area contributed by atoms with Gasteiger partial charge in [0, 0.05) is 12.8 Å². The van der Waals surface area contributed by atoms with Crippen molar-refractivity contribution in [1.82, 2.24) is 0 Å². The van der Waals surface area contributed by atoms with Crippen molar-refractivity contribution in [3.63, 3.8) is 0 Å². The van der Waals surface area contributed by atoms with Gasteiger partial charge in [-0.2, -0.15) is 0 Å². The second-order valence-corrected chi connectivity index (χ2v) is 16.9. The number of hydrogen-bond acceptors (Lipinski definition) is 7. The zero-order chi connectivity index (χ0) is 41.4. The SMILES string of the molecule is CC/C=C/C=C/C=C/C=C/CCCCCCCC(=O)O[C@H](COC(=O)CCCCCCCCC/C=C/C/C=C/CCCCC)COP(=O)(O)OCC[N+](C)(C)C. The maximum absolute atomic E-state index is 12.7. The topological polar surface area (TPSA) is 108 Å². The molecule has 322 valence electrons. The summed E-state index contributed by atoms with van der Waals surface area (Å²) < 4.78 is 34.3.